The van der Waals surface area contributed by atoms with Crippen LogP contribution in [0.2, 0.25) is 0 Å². The third kappa shape index (κ3) is 4.27. The van der Waals surface area contributed by atoms with Gasteiger partial charge >= 0.3 is 0 Å². The van der Waals surface area contributed by atoms with E-state index in [1.54, 1.807) is 25.3 Å². The van der Waals surface area contributed by atoms with Gasteiger partial charge in [-0.1, -0.05) is 12.8 Å². The van der Waals surface area contributed by atoms with Crippen LogP contribution in [0, 0.1) is 0 Å². The van der Waals surface area contributed by atoms with Crippen LogP contribution in [0.15, 0.2) is 23.0 Å². The van der Waals surface area contributed by atoms with E-state index in [2.05, 4.69) is 11.8 Å². The molecule has 0 radical (unpaired) electrons. The predicted octanol–water partition coefficient (Wildman–Crippen LogP) is 2.31. The Morgan fingerprint density at radius 3 is 2.80 bits per heavy atom. The zero-order valence-electron chi connectivity index (χ0n) is 18.1. The largest absolute Gasteiger partial charge is 0.383 e. The first kappa shape index (κ1) is 21.0. The topological polar surface area (TPSA) is 67.7 Å². The molecule has 2 aromatic rings. The summed E-state index contributed by atoms with van der Waals surface area (Å²) in [6.07, 6.45) is 5.24. The quantitative estimate of drug-likeness (QED) is 0.771. The average molecular weight is 413 g/mol. The molecule has 0 N–H and O–H groups in total. The maximum Gasteiger partial charge on any atom is 0.261 e. The summed E-state index contributed by atoms with van der Waals surface area (Å²) < 4.78 is 7.02. The molecule has 1 aromatic heterocycles. The van der Waals surface area contributed by atoms with E-state index >= 15 is 0 Å². The summed E-state index contributed by atoms with van der Waals surface area (Å²) in [6.45, 7) is 6.71. The van der Waals surface area contributed by atoms with Crippen LogP contribution in [0.4, 0.5) is 0 Å². The number of carbonyl (C=O) groups is 1. The van der Waals surface area contributed by atoms with Crippen molar-refractivity contribution < 1.29 is 9.53 Å². The molecule has 0 spiro atoms. The van der Waals surface area contributed by atoms with Gasteiger partial charge in [-0.25, -0.2) is 4.98 Å². The van der Waals surface area contributed by atoms with E-state index < -0.39 is 0 Å². The van der Waals surface area contributed by atoms with Crippen LogP contribution in [0.5, 0.6) is 0 Å². The first-order valence-electron chi connectivity index (χ1n) is 11.1. The number of amides is 1. The normalized spacial score (nSPS) is 20.6. The molecular weight excluding hydrogens is 380 g/mol. The van der Waals surface area contributed by atoms with Crippen molar-refractivity contribution in [2.24, 2.45) is 0 Å². The molecule has 7 heteroatoms. The van der Waals surface area contributed by atoms with Gasteiger partial charge < -0.3 is 9.64 Å². The smallest absolute Gasteiger partial charge is 0.261 e. The Kier molecular flexibility index (Phi) is 6.49. The van der Waals surface area contributed by atoms with Gasteiger partial charge in [0.25, 0.3) is 11.5 Å². The van der Waals surface area contributed by atoms with Crippen LogP contribution in [-0.4, -0.2) is 71.2 Å². The molecule has 30 heavy (non-hydrogen) atoms. The molecular formula is C23H32N4O3. The first-order valence-corrected chi connectivity index (χ1v) is 11.1. The van der Waals surface area contributed by atoms with Crippen molar-refractivity contribution in [2.75, 3.05) is 39.9 Å². The van der Waals surface area contributed by atoms with Gasteiger partial charge in [0.15, 0.2) is 0 Å². The van der Waals surface area contributed by atoms with Crippen LogP contribution >= 0.6 is 0 Å². The fourth-order valence-corrected chi connectivity index (χ4v) is 4.63. The van der Waals surface area contributed by atoms with E-state index in [4.69, 9.17) is 9.72 Å². The number of rotatable bonds is 4. The Morgan fingerprint density at radius 1 is 1.17 bits per heavy atom. The lowest BCUT2D eigenvalue weighted by Crippen LogP contribution is -2.54. The molecule has 7 nitrogen and oxygen atoms in total. The number of ether oxygens (including phenoxy) is 1. The molecule has 4 rings (SSSR count). The zero-order chi connectivity index (χ0) is 21.1. The van der Waals surface area contributed by atoms with Crippen molar-refractivity contribution in [3.63, 3.8) is 0 Å². The fourth-order valence-electron chi connectivity index (χ4n) is 4.63. The summed E-state index contributed by atoms with van der Waals surface area (Å²) in [5.74, 6) is 0.876. The van der Waals surface area contributed by atoms with E-state index in [0.717, 1.165) is 51.1 Å². The van der Waals surface area contributed by atoms with Crippen molar-refractivity contribution in [2.45, 2.75) is 51.6 Å². The van der Waals surface area contributed by atoms with Crippen LogP contribution < -0.4 is 5.56 Å². The molecule has 1 saturated heterocycles. The number of carbonyl (C=O) groups excluding carboxylic acids is 1. The highest BCUT2D eigenvalue weighted by molar-refractivity contribution is 5.97. The Labute approximate surface area is 177 Å². The summed E-state index contributed by atoms with van der Waals surface area (Å²) in [6, 6.07) is 5.66. The molecule has 1 aromatic carbocycles. The summed E-state index contributed by atoms with van der Waals surface area (Å²) in [5, 5.41) is 0.605. The highest BCUT2D eigenvalue weighted by Gasteiger charge is 2.27. The molecule has 1 amide bonds. The molecule has 1 fully saturated rings. The molecule has 1 unspecified atom stereocenters. The van der Waals surface area contributed by atoms with Crippen LogP contribution in [0.1, 0.15) is 48.8 Å². The number of nitrogens with zero attached hydrogens (tertiary/aromatic N) is 4. The summed E-state index contributed by atoms with van der Waals surface area (Å²) in [7, 11) is 1.71. The van der Waals surface area contributed by atoms with Crippen molar-refractivity contribution >= 4 is 16.8 Å². The minimum atomic E-state index is 0.0174. The fraction of sp³-hybridized carbons (Fsp3) is 0.609. The third-order valence-electron chi connectivity index (χ3n) is 6.45. The Bertz CT molecular complexity index is 971. The SMILES string of the molecule is COCCN1CCN(C(=O)c2ccc3c(=O)n4c(nc3c2)CCCCCC4)CC1C. The average Bonchev–Trinajstić information content (AvgIpc) is 2.73. The second-order valence-corrected chi connectivity index (χ2v) is 8.51. The summed E-state index contributed by atoms with van der Waals surface area (Å²) in [4.78, 5) is 35.2. The van der Waals surface area contributed by atoms with Gasteiger partial charge in [0, 0.05) is 57.9 Å². The lowest BCUT2D eigenvalue weighted by molar-refractivity contribution is 0.0434. The van der Waals surface area contributed by atoms with E-state index in [0.29, 0.717) is 42.2 Å². The second-order valence-electron chi connectivity index (χ2n) is 8.51. The number of hydrogen-bond acceptors (Lipinski definition) is 5. The molecule has 162 valence electrons. The van der Waals surface area contributed by atoms with Crippen LogP contribution in [-0.2, 0) is 17.7 Å². The number of methoxy groups -OCH3 is 1. The number of piperazine rings is 1. The monoisotopic (exact) mass is 412 g/mol. The van der Waals surface area contributed by atoms with Crippen molar-refractivity contribution in [3.8, 4) is 0 Å². The summed E-state index contributed by atoms with van der Waals surface area (Å²) in [5.41, 5.74) is 1.28. The molecule has 1 atom stereocenters. The number of benzene rings is 1. The molecule has 0 saturated carbocycles. The highest BCUT2D eigenvalue weighted by atomic mass is 16.5. The predicted molar refractivity (Wildman–Crippen MR) is 117 cm³/mol. The standard InChI is InChI=1S/C23H32N4O3/c1-17-16-26(12-11-25(17)13-14-30-2)22(28)18-8-9-19-20(15-18)24-21-7-5-3-4-6-10-27(21)23(19)29/h8-9,15,17H,3-7,10-14,16H2,1-2H3. The van der Waals surface area contributed by atoms with Gasteiger partial charge in [0.1, 0.15) is 5.82 Å². The van der Waals surface area contributed by atoms with Crippen LogP contribution in [0.3, 0.4) is 0 Å². The van der Waals surface area contributed by atoms with Gasteiger partial charge in [-0.05, 0) is 38.0 Å². The van der Waals surface area contributed by atoms with Gasteiger partial charge in [-0.15, -0.1) is 0 Å². The maximum atomic E-state index is 13.2. The maximum absolute atomic E-state index is 13.2. The molecule has 0 aliphatic carbocycles. The number of hydrogen-bond donors (Lipinski definition) is 0. The van der Waals surface area contributed by atoms with E-state index in [-0.39, 0.29) is 11.5 Å². The molecule has 0 bridgehead atoms. The van der Waals surface area contributed by atoms with Crippen molar-refractivity contribution in [1.29, 1.82) is 0 Å². The lowest BCUT2D eigenvalue weighted by atomic mass is 10.1. The number of fused-ring (bicyclic) bond motifs is 2. The Morgan fingerprint density at radius 2 is 2.00 bits per heavy atom. The second kappa shape index (κ2) is 9.27. The highest BCUT2D eigenvalue weighted by Crippen LogP contribution is 2.19. The zero-order valence-corrected chi connectivity index (χ0v) is 18.1. The Hall–Kier alpha value is -2.25. The summed E-state index contributed by atoms with van der Waals surface area (Å²) >= 11 is 0. The van der Waals surface area contributed by atoms with E-state index in [1.807, 2.05) is 9.47 Å². The minimum absolute atomic E-state index is 0.0174. The van der Waals surface area contributed by atoms with Gasteiger partial charge in [-0.3, -0.25) is 19.1 Å². The number of aryl methyl sites for hydroxylation is 1. The first-order chi connectivity index (χ1) is 14.6. The Balaban J connectivity index is 1.57. The van der Waals surface area contributed by atoms with E-state index in [9.17, 15) is 9.59 Å². The molecule has 2 aliphatic rings. The van der Waals surface area contributed by atoms with Crippen molar-refractivity contribution in [1.82, 2.24) is 19.4 Å². The van der Waals surface area contributed by atoms with Gasteiger partial charge in [-0.2, -0.15) is 0 Å². The van der Waals surface area contributed by atoms with Gasteiger partial charge in [0.2, 0.25) is 0 Å². The lowest BCUT2D eigenvalue weighted by Gasteiger charge is -2.39. The van der Waals surface area contributed by atoms with Gasteiger partial charge in [0.05, 0.1) is 17.5 Å². The van der Waals surface area contributed by atoms with Crippen LogP contribution in [0.25, 0.3) is 10.9 Å². The molecule has 2 aliphatic heterocycles. The number of aromatic nitrogens is 2. The minimum Gasteiger partial charge on any atom is -0.383 e. The third-order valence-corrected chi connectivity index (χ3v) is 6.45. The van der Waals surface area contributed by atoms with Crippen molar-refractivity contribution in [3.05, 3.63) is 39.9 Å². The van der Waals surface area contributed by atoms with E-state index in [1.165, 1.54) is 6.42 Å². The molecule has 3 heterocycles.